The third-order valence-corrected chi connectivity index (χ3v) is 6.08. The normalized spacial score (nSPS) is 11.6. The molecule has 0 atom stereocenters. The lowest BCUT2D eigenvalue weighted by Crippen LogP contribution is -2.29. The molecule has 0 aliphatic rings. The molecule has 0 N–H and O–H groups in total. The molecule has 3 aromatic rings. The molecule has 0 aliphatic carbocycles. The molecule has 0 saturated carbocycles. The van der Waals surface area contributed by atoms with E-state index in [1.165, 1.54) is 31.6 Å². The number of hydrogen-bond donors (Lipinski definition) is 0. The van der Waals surface area contributed by atoms with Crippen LogP contribution < -0.4 is 9.47 Å². The first kappa shape index (κ1) is 19.8. The molecule has 0 saturated heterocycles. The van der Waals surface area contributed by atoms with Gasteiger partial charge in [-0.2, -0.15) is 4.98 Å². The number of nitrogens with zero attached hydrogens (tertiary/aromatic N) is 3. The van der Waals surface area contributed by atoms with Gasteiger partial charge in [0, 0.05) is 31.6 Å². The molecular weight excluding hydrogens is 382 g/mol. The maximum absolute atomic E-state index is 13.0. The van der Waals surface area contributed by atoms with Crippen LogP contribution in [0.2, 0.25) is 0 Å². The number of ether oxygens (including phenoxy) is 2. The number of benzene rings is 2. The molecule has 0 unspecified atom stereocenters. The van der Waals surface area contributed by atoms with Gasteiger partial charge in [-0.15, -0.1) is 0 Å². The van der Waals surface area contributed by atoms with Crippen molar-refractivity contribution in [1.29, 1.82) is 0 Å². The third-order valence-electron chi connectivity index (χ3n) is 4.20. The summed E-state index contributed by atoms with van der Waals surface area (Å²) in [6.45, 7) is 0.177. The number of sulfonamides is 1. The highest BCUT2D eigenvalue weighted by Crippen LogP contribution is 2.30. The minimum absolute atomic E-state index is 0.0370. The third kappa shape index (κ3) is 4.15. The van der Waals surface area contributed by atoms with Crippen molar-refractivity contribution in [2.24, 2.45) is 0 Å². The molecule has 9 heteroatoms. The predicted octanol–water partition coefficient (Wildman–Crippen LogP) is 2.62. The molecule has 0 aliphatic heterocycles. The first-order chi connectivity index (χ1) is 13.5. The van der Waals surface area contributed by atoms with Crippen LogP contribution in [0, 0.1) is 0 Å². The number of rotatable bonds is 8. The van der Waals surface area contributed by atoms with Crippen LogP contribution in [0.25, 0.3) is 11.5 Å². The zero-order valence-electron chi connectivity index (χ0n) is 15.8. The Labute approximate surface area is 163 Å². The van der Waals surface area contributed by atoms with E-state index >= 15 is 0 Å². The highest BCUT2D eigenvalue weighted by atomic mass is 32.2. The van der Waals surface area contributed by atoms with Crippen molar-refractivity contribution < 1.29 is 22.4 Å². The summed E-state index contributed by atoms with van der Waals surface area (Å²) >= 11 is 0. The Morgan fingerprint density at radius 2 is 1.82 bits per heavy atom. The second kappa shape index (κ2) is 8.41. The maximum Gasteiger partial charge on any atom is 0.257 e. The average molecular weight is 403 g/mol. The van der Waals surface area contributed by atoms with E-state index in [2.05, 4.69) is 10.1 Å². The Morgan fingerprint density at radius 3 is 2.50 bits per heavy atom. The Bertz CT molecular complexity index is 1030. The van der Waals surface area contributed by atoms with Crippen LogP contribution in [0.1, 0.15) is 5.82 Å². The van der Waals surface area contributed by atoms with Gasteiger partial charge in [0.25, 0.3) is 5.89 Å². The Kier molecular flexibility index (Phi) is 5.96. The monoisotopic (exact) mass is 403 g/mol. The minimum atomic E-state index is -3.79. The molecular formula is C19H21N3O5S. The second-order valence-electron chi connectivity index (χ2n) is 5.98. The molecule has 0 fully saturated rings. The van der Waals surface area contributed by atoms with Crippen molar-refractivity contribution in [3.05, 3.63) is 54.4 Å². The van der Waals surface area contributed by atoms with Gasteiger partial charge < -0.3 is 14.0 Å². The summed E-state index contributed by atoms with van der Waals surface area (Å²) in [7, 11) is 0.601. The van der Waals surface area contributed by atoms with E-state index in [-0.39, 0.29) is 17.2 Å². The van der Waals surface area contributed by atoms with E-state index < -0.39 is 10.0 Å². The molecule has 148 valence electrons. The van der Waals surface area contributed by atoms with Gasteiger partial charge in [0.1, 0.15) is 16.4 Å². The molecule has 0 bridgehead atoms. The van der Waals surface area contributed by atoms with Crippen LogP contribution in [0.5, 0.6) is 11.5 Å². The smallest absolute Gasteiger partial charge is 0.257 e. The van der Waals surface area contributed by atoms with E-state index in [1.807, 2.05) is 30.3 Å². The second-order valence-corrected chi connectivity index (χ2v) is 7.99. The molecule has 0 spiro atoms. The standard InChI is InChI=1S/C19H21N3O5S/c1-22(28(23,24)17-13-15(25-2)9-10-16(17)26-3)12-11-18-20-19(27-21-18)14-7-5-4-6-8-14/h4-10,13H,11-12H2,1-3H3. The van der Waals surface area contributed by atoms with Gasteiger partial charge in [0.05, 0.1) is 14.2 Å². The molecule has 1 aromatic heterocycles. The van der Waals surface area contributed by atoms with E-state index in [1.54, 1.807) is 12.1 Å². The maximum atomic E-state index is 13.0. The largest absolute Gasteiger partial charge is 0.497 e. The zero-order chi connectivity index (χ0) is 20.1. The molecule has 8 nitrogen and oxygen atoms in total. The molecule has 0 radical (unpaired) electrons. The quantitative estimate of drug-likeness (QED) is 0.570. The molecule has 3 rings (SSSR count). The fraction of sp³-hybridized carbons (Fsp3) is 0.263. The van der Waals surface area contributed by atoms with Crippen LogP contribution in [0.3, 0.4) is 0 Å². The van der Waals surface area contributed by atoms with Crippen molar-refractivity contribution in [3.8, 4) is 23.0 Å². The van der Waals surface area contributed by atoms with Gasteiger partial charge in [-0.3, -0.25) is 0 Å². The Balaban J connectivity index is 1.74. The van der Waals surface area contributed by atoms with E-state index in [0.29, 0.717) is 23.9 Å². The van der Waals surface area contributed by atoms with E-state index in [9.17, 15) is 8.42 Å². The lowest BCUT2D eigenvalue weighted by atomic mass is 10.2. The SMILES string of the molecule is COc1ccc(OC)c(S(=O)(=O)N(C)CCc2noc(-c3ccccc3)n2)c1. The first-order valence-corrected chi connectivity index (χ1v) is 9.96. The Morgan fingerprint density at radius 1 is 1.07 bits per heavy atom. The van der Waals surface area contributed by atoms with Gasteiger partial charge in [-0.25, -0.2) is 12.7 Å². The predicted molar refractivity (Wildman–Crippen MR) is 103 cm³/mol. The van der Waals surface area contributed by atoms with Crippen molar-refractivity contribution in [2.75, 3.05) is 27.8 Å². The zero-order valence-corrected chi connectivity index (χ0v) is 16.6. The minimum Gasteiger partial charge on any atom is -0.497 e. The van der Waals surface area contributed by atoms with Crippen LogP contribution in [-0.4, -0.2) is 50.7 Å². The Hall–Kier alpha value is -2.91. The highest BCUT2D eigenvalue weighted by Gasteiger charge is 2.26. The summed E-state index contributed by atoms with van der Waals surface area (Å²) in [5, 5.41) is 3.93. The molecule has 1 heterocycles. The number of methoxy groups -OCH3 is 2. The van der Waals surface area contributed by atoms with Gasteiger partial charge >= 0.3 is 0 Å². The van der Waals surface area contributed by atoms with Crippen molar-refractivity contribution in [3.63, 3.8) is 0 Å². The summed E-state index contributed by atoms with van der Waals surface area (Å²) < 4.78 is 42.7. The molecule has 28 heavy (non-hydrogen) atoms. The lowest BCUT2D eigenvalue weighted by molar-refractivity contribution is 0.387. The fourth-order valence-corrected chi connectivity index (χ4v) is 3.92. The van der Waals surface area contributed by atoms with Gasteiger partial charge in [0.2, 0.25) is 10.0 Å². The van der Waals surface area contributed by atoms with E-state index in [0.717, 1.165) is 5.56 Å². The summed E-state index contributed by atoms with van der Waals surface area (Å²) in [5.74, 6) is 1.51. The summed E-state index contributed by atoms with van der Waals surface area (Å²) in [6.07, 6.45) is 0.304. The number of likely N-dealkylation sites (N-methyl/N-ethyl adjacent to an activating group) is 1. The van der Waals surface area contributed by atoms with Crippen molar-refractivity contribution in [1.82, 2.24) is 14.4 Å². The van der Waals surface area contributed by atoms with Crippen LogP contribution in [0.15, 0.2) is 57.9 Å². The fourth-order valence-electron chi connectivity index (χ4n) is 2.58. The van der Waals surface area contributed by atoms with Crippen LogP contribution in [0.4, 0.5) is 0 Å². The van der Waals surface area contributed by atoms with Crippen LogP contribution in [-0.2, 0) is 16.4 Å². The van der Waals surface area contributed by atoms with Gasteiger partial charge in [-0.1, -0.05) is 23.4 Å². The van der Waals surface area contributed by atoms with Crippen molar-refractivity contribution in [2.45, 2.75) is 11.3 Å². The number of aromatic nitrogens is 2. The van der Waals surface area contributed by atoms with E-state index in [4.69, 9.17) is 14.0 Å². The molecule has 0 amide bonds. The van der Waals surface area contributed by atoms with Crippen molar-refractivity contribution >= 4 is 10.0 Å². The first-order valence-electron chi connectivity index (χ1n) is 8.52. The number of hydrogen-bond acceptors (Lipinski definition) is 7. The van der Waals surface area contributed by atoms with Gasteiger partial charge in [0.15, 0.2) is 5.82 Å². The summed E-state index contributed by atoms with van der Waals surface area (Å²) in [6, 6.07) is 14.0. The summed E-state index contributed by atoms with van der Waals surface area (Å²) in [4.78, 5) is 4.36. The lowest BCUT2D eigenvalue weighted by Gasteiger charge is -2.18. The highest BCUT2D eigenvalue weighted by molar-refractivity contribution is 7.89. The summed E-state index contributed by atoms with van der Waals surface area (Å²) in [5.41, 5.74) is 0.809. The van der Waals surface area contributed by atoms with Crippen LogP contribution >= 0.6 is 0 Å². The average Bonchev–Trinajstić information content (AvgIpc) is 3.21. The molecule has 2 aromatic carbocycles. The topological polar surface area (TPSA) is 94.8 Å². The van der Waals surface area contributed by atoms with Gasteiger partial charge in [-0.05, 0) is 24.3 Å².